The van der Waals surface area contributed by atoms with Crippen LogP contribution in [-0.2, 0) is 0 Å². The number of para-hydroxylation sites is 1. The Morgan fingerprint density at radius 2 is 1.55 bits per heavy atom. The summed E-state index contributed by atoms with van der Waals surface area (Å²) < 4.78 is -1.55. The third kappa shape index (κ3) is 3.71. The van der Waals surface area contributed by atoms with Gasteiger partial charge in [-0.1, -0.05) is 53.0 Å². The maximum atomic E-state index is 5.43. The third-order valence-electron chi connectivity index (χ3n) is 1.01. The molecule has 1 radical (unpaired) electrons. The molecule has 0 spiro atoms. The first-order valence-electron chi connectivity index (χ1n) is 2.92. The van der Waals surface area contributed by atoms with Crippen LogP contribution in [0.1, 0.15) is 0 Å². The van der Waals surface area contributed by atoms with E-state index in [4.69, 9.17) is 34.8 Å². The van der Waals surface area contributed by atoms with E-state index in [1.807, 2.05) is 18.2 Å². The van der Waals surface area contributed by atoms with E-state index in [1.54, 1.807) is 12.1 Å². The molecule has 0 saturated carbocycles. The van der Waals surface area contributed by atoms with Gasteiger partial charge in [-0.25, -0.2) is 5.32 Å². The highest BCUT2D eigenvalue weighted by Crippen LogP contribution is 2.27. The molecule has 0 aliphatic carbocycles. The molecule has 11 heavy (non-hydrogen) atoms. The van der Waals surface area contributed by atoms with Crippen LogP contribution < -0.4 is 5.32 Å². The molecule has 1 nitrogen and oxygen atoms in total. The molecule has 0 unspecified atom stereocenters. The van der Waals surface area contributed by atoms with Gasteiger partial charge < -0.3 is 0 Å². The summed E-state index contributed by atoms with van der Waals surface area (Å²) in [7, 11) is 0. The molecule has 0 heterocycles. The first-order valence-corrected chi connectivity index (χ1v) is 4.06. The van der Waals surface area contributed by atoms with E-state index in [2.05, 4.69) is 5.32 Å². The van der Waals surface area contributed by atoms with Crippen molar-refractivity contribution in [1.82, 2.24) is 5.32 Å². The van der Waals surface area contributed by atoms with Crippen LogP contribution in [-0.4, -0.2) is 3.92 Å². The lowest BCUT2D eigenvalue weighted by molar-refractivity contribution is 0.913. The molecule has 0 fully saturated rings. The van der Waals surface area contributed by atoms with Crippen molar-refractivity contribution in [2.45, 2.75) is 3.92 Å². The first kappa shape index (κ1) is 8.98. The van der Waals surface area contributed by atoms with Crippen LogP contribution in [0.25, 0.3) is 0 Å². The van der Waals surface area contributed by atoms with Gasteiger partial charge in [0.2, 0.25) is 0 Å². The number of halogens is 3. The first-order chi connectivity index (χ1) is 5.08. The minimum atomic E-state index is -1.55. The second-order valence-electron chi connectivity index (χ2n) is 1.92. The number of nitrogens with zero attached hydrogens (tertiary/aromatic N) is 1. The van der Waals surface area contributed by atoms with Crippen LogP contribution in [0.4, 0.5) is 5.69 Å². The molecule has 0 amide bonds. The lowest BCUT2D eigenvalue weighted by Crippen LogP contribution is -2.14. The molecule has 0 aliphatic rings. The Bertz CT molecular complexity index is 217. The van der Waals surface area contributed by atoms with E-state index >= 15 is 0 Å². The van der Waals surface area contributed by atoms with Crippen molar-refractivity contribution in [1.29, 1.82) is 0 Å². The largest absolute Gasteiger partial charge is 0.285 e. The van der Waals surface area contributed by atoms with Crippen LogP contribution in [0.2, 0.25) is 0 Å². The average Bonchev–Trinajstić information content (AvgIpc) is 1.85. The summed E-state index contributed by atoms with van der Waals surface area (Å²) in [5.41, 5.74) is 0.660. The second kappa shape index (κ2) is 3.53. The van der Waals surface area contributed by atoms with Gasteiger partial charge in [0.25, 0.3) is 3.92 Å². The van der Waals surface area contributed by atoms with E-state index in [-0.39, 0.29) is 0 Å². The molecule has 0 aliphatic heterocycles. The van der Waals surface area contributed by atoms with E-state index < -0.39 is 3.92 Å². The predicted molar refractivity (Wildman–Crippen MR) is 48.5 cm³/mol. The van der Waals surface area contributed by atoms with Crippen LogP contribution >= 0.6 is 34.8 Å². The molecule has 0 atom stereocenters. The maximum absolute atomic E-state index is 5.43. The number of rotatable bonds is 1. The topological polar surface area (TPSA) is 14.1 Å². The minimum absolute atomic E-state index is 0.660. The normalized spacial score (nSPS) is 11.2. The van der Waals surface area contributed by atoms with E-state index in [0.717, 1.165) is 0 Å². The molecule has 0 bridgehead atoms. The molecule has 59 valence electrons. The van der Waals surface area contributed by atoms with Crippen molar-refractivity contribution in [3.05, 3.63) is 30.3 Å². The average molecular weight is 209 g/mol. The lowest BCUT2D eigenvalue weighted by Gasteiger charge is -2.09. The highest BCUT2D eigenvalue weighted by atomic mass is 35.6. The number of benzene rings is 1. The van der Waals surface area contributed by atoms with Gasteiger partial charge in [0.05, 0.1) is 5.69 Å². The summed E-state index contributed by atoms with van der Waals surface area (Å²) in [5, 5.41) is 3.79. The molecular weight excluding hydrogens is 204 g/mol. The van der Waals surface area contributed by atoms with Crippen molar-refractivity contribution in [2.24, 2.45) is 0 Å². The SMILES string of the molecule is ClC(Cl)(Cl)[N]c1ccccc1. The molecule has 0 aromatic heterocycles. The molecular formula is C7H5Cl3N. The van der Waals surface area contributed by atoms with Gasteiger partial charge in [0.15, 0.2) is 0 Å². The third-order valence-corrected chi connectivity index (χ3v) is 1.27. The zero-order chi connectivity index (χ0) is 8.32. The monoisotopic (exact) mass is 208 g/mol. The van der Waals surface area contributed by atoms with Crippen molar-refractivity contribution in [2.75, 3.05) is 0 Å². The fourth-order valence-electron chi connectivity index (χ4n) is 0.649. The Kier molecular flexibility index (Phi) is 2.88. The van der Waals surface area contributed by atoms with Crippen LogP contribution in [0.5, 0.6) is 0 Å². The second-order valence-corrected chi connectivity index (χ2v) is 4.14. The minimum Gasteiger partial charge on any atom is -0.233 e. The predicted octanol–water partition coefficient (Wildman–Crippen LogP) is 3.25. The summed E-state index contributed by atoms with van der Waals surface area (Å²) in [6.45, 7) is 0. The van der Waals surface area contributed by atoms with E-state index in [0.29, 0.717) is 5.69 Å². The highest BCUT2D eigenvalue weighted by molar-refractivity contribution is 6.67. The molecule has 4 heteroatoms. The van der Waals surface area contributed by atoms with Gasteiger partial charge in [-0.2, -0.15) is 0 Å². The Morgan fingerprint density at radius 3 is 2.00 bits per heavy atom. The summed E-state index contributed by atoms with van der Waals surface area (Å²) in [6.07, 6.45) is 0. The van der Waals surface area contributed by atoms with Crippen LogP contribution in [0.15, 0.2) is 30.3 Å². The van der Waals surface area contributed by atoms with Crippen molar-refractivity contribution in [3.8, 4) is 0 Å². The fraction of sp³-hybridized carbons (Fsp3) is 0.143. The van der Waals surface area contributed by atoms with Gasteiger partial charge in [-0.3, -0.25) is 0 Å². The lowest BCUT2D eigenvalue weighted by atomic mass is 10.3. The molecule has 1 aromatic carbocycles. The summed E-state index contributed by atoms with van der Waals surface area (Å²) in [4.78, 5) is 0. The maximum Gasteiger partial charge on any atom is 0.285 e. The van der Waals surface area contributed by atoms with Gasteiger partial charge >= 0.3 is 0 Å². The standard InChI is InChI=1S/C7H5Cl3N/c8-7(9,10)11-6-4-2-1-3-5-6/h1-5H. The smallest absolute Gasteiger partial charge is 0.233 e. The Hall–Kier alpha value is -0.110. The van der Waals surface area contributed by atoms with Gasteiger partial charge in [-0.15, -0.1) is 0 Å². The van der Waals surface area contributed by atoms with E-state index in [1.165, 1.54) is 0 Å². The van der Waals surface area contributed by atoms with Crippen molar-refractivity contribution in [3.63, 3.8) is 0 Å². The fourth-order valence-corrected chi connectivity index (χ4v) is 0.942. The zero-order valence-corrected chi connectivity index (χ0v) is 7.74. The number of hydrogen-bond acceptors (Lipinski definition) is 0. The molecule has 1 rings (SSSR count). The van der Waals surface area contributed by atoms with Crippen molar-refractivity contribution < 1.29 is 0 Å². The molecule has 0 saturated heterocycles. The van der Waals surface area contributed by atoms with Crippen LogP contribution in [0.3, 0.4) is 0 Å². The Morgan fingerprint density at radius 1 is 1.00 bits per heavy atom. The molecule has 0 N–H and O–H groups in total. The van der Waals surface area contributed by atoms with E-state index in [9.17, 15) is 0 Å². The highest BCUT2D eigenvalue weighted by Gasteiger charge is 2.20. The van der Waals surface area contributed by atoms with Crippen LogP contribution in [0, 0.1) is 0 Å². The Labute approximate surface area is 80.3 Å². The molecule has 1 aromatic rings. The van der Waals surface area contributed by atoms with Gasteiger partial charge in [0.1, 0.15) is 0 Å². The number of hydrogen-bond donors (Lipinski definition) is 0. The quantitative estimate of drug-likeness (QED) is 0.498. The number of alkyl halides is 3. The summed E-state index contributed by atoms with van der Waals surface area (Å²) in [6, 6.07) is 9.06. The summed E-state index contributed by atoms with van der Waals surface area (Å²) >= 11 is 16.3. The Balaban J connectivity index is 2.66. The van der Waals surface area contributed by atoms with Gasteiger partial charge in [0, 0.05) is 0 Å². The summed E-state index contributed by atoms with van der Waals surface area (Å²) in [5.74, 6) is 0. The zero-order valence-electron chi connectivity index (χ0n) is 5.47. The van der Waals surface area contributed by atoms with Crippen molar-refractivity contribution >= 4 is 40.5 Å². The van der Waals surface area contributed by atoms with Gasteiger partial charge in [-0.05, 0) is 12.1 Å².